The molecule has 0 bridgehead atoms. The molecule has 0 aliphatic heterocycles. The standard InChI is InChI=1S/C18H20F2N2O4/c1-10-8-14(17(23)21-15(18(24)25)9-16(19)20)11(2)22(10)12-4-6-13(26-3)7-5-12/h4-8,15-16H,9H2,1-3H3,(H,21,23)(H,24,25). The zero-order chi connectivity index (χ0) is 19.4. The average Bonchev–Trinajstić information content (AvgIpc) is 2.88. The second-order valence-electron chi connectivity index (χ2n) is 5.81. The molecule has 1 aromatic carbocycles. The summed E-state index contributed by atoms with van der Waals surface area (Å²) in [6, 6.07) is 7.13. The molecule has 2 rings (SSSR count). The number of aromatic nitrogens is 1. The molecular weight excluding hydrogens is 346 g/mol. The first-order valence-corrected chi connectivity index (χ1v) is 7.89. The number of rotatable bonds is 7. The SMILES string of the molecule is COc1ccc(-n2c(C)cc(C(=O)NC(CC(F)F)C(=O)O)c2C)cc1. The number of halogens is 2. The molecule has 6 nitrogen and oxygen atoms in total. The van der Waals surface area contributed by atoms with Crippen molar-refractivity contribution in [2.45, 2.75) is 32.7 Å². The van der Waals surface area contributed by atoms with Crippen molar-refractivity contribution in [1.29, 1.82) is 0 Å². The minimum atomic E-state index is -2.83. The Kier molecular flexibility index (Phi) is 5.97. The molecule has 1 aromatic heterocycles. The third-order valence-corrected chi connectivity index (χ3v) is 4.02. The van der Waals surface area contributed by atoms with Crippen molar-refractivity contribution in [1.82, 2.24) is 9.88 Å². The van der Waals surface area contributed by atoms with E-state index in [0.29, 0.717) is 11.4 Å². The minimum absolute atomic E-state index is 0.235. The van der Waals surface area contributed by atoms with Crippen LogP contribution in [0.2, 0.25) is 0 Å². The largest absolute Gasteiger partial charge is 0.497 e. The van der Waals surface area contributed by atoms with Crippen molar-refractivity contribution < 1.29 is 28.2 Å². The maximum Gasteiger partial charge on any atom is 0.326 e. The Bertz CT molecular complexity index is 800. The molecule has 0 aliphatic rings. The lowest BCUT2D eigenvalue weighted by Crippen LogP contribution is -2.42. The number of carbonyl (C=O) groups is 2. The fourth-order valence-electron chi connectivity index (χ4n) is 2.76. The number of ether oxygens (including phenoxy) is 1. The zero-order valence-electron chi connectivity index (χ0n) is 14.6. The van der Waals surface area contributed by atoms with Gasteiger partial charge in [0.25, 0.3) is 5.91 Å². The van der Waals surface area contributed by atoms with E-state index in [1.807, 2.05) is 16.7 Å². The fraction of sp³-hybridized carbons (Fsp3) is 0.333. The number of nitrogens with zero attached hydrogens (tertiary/aromatic N) is 1. The summed E-state index contributed by atoms with van der Waals surface area (Å²) in [6.07, 6.45) is -3.78. The Hall–Kier alpha value is -2.90. The number of carboxylic acid groups (broad SMARTS) is 1. The van der Waals surface area contributed by atoms with Crippen molar-refractivity contribution in [2.75, 3.05) is 7.11 Å². The number of hydrogen-bond donors (Lipinski definition) is 2. The number of aliphatic carboxylic acids is 1. The molecule has 1 unspecified atom stereocenters. The molecule has 2 aromatic rings. The van der Waals surface area contributed by atoms with Gasteiger partial charge in [0, 0.05) is 23.5 Å². The van der Waals surface area contributed by atoms with Crippen LogP contribution < -0.4 is 10.1 Å². The van der Waals surface area contributed by atoms with Crippen LogP contribution in [0.4, 0.5) is 8.78 Å². The van der Waals surface area contributed by atoms with Gasteiger partial charge < -0.3 is 19.7 Å². The lowest BCUT2D eigenvalue weighted by atomic mass is 10.1. The van der Waals surface area contributed by atoms with Gasteiger partial charge in [-0.3, -0.25) is 4.79 Å². The zero-order valence-corrected chi connectivity index (χ0v) is 14.6. The molecule has 1 heterocycles. The number of carboxylic acids is 1. The highest BCUT2D eigenvalue weighted by Gasteiger charge is 2.26. The van der Waals surface area contributed by atoms with Crippen LogP contribution in [-0.4, -0.2) is 41.1 Å². The molecule has 1 amide bonds. The van der Waals surface area contributed by atoms with Crippen LogP contribution >= 0.6 is 0 Å². The monoisotopic (exact) mass is 366 g/mol. The number of carbonyl (C=O) groups excluding carboxylic acids is 1. The summed E-state index contributed by atoms with van der Waals surface area (Å²) >= 11 is 0. The molecule has 26 heavy (non-hydrogen) atoms. The van der Waals surface area contributed by atoms with Gasteiger partial charge in [-0.2, -0.15) is 0 Å². The maximum absolute atomic E-state index is 12.5. The van der Waals surface area contributed by atoms with Gasteiger partial charge >= 0.3 is 5.97 Å². The molecule has 1 atom stereocenters. The van der Waals surface area contributed by atoms with Crippen molar-refractivity contribution in [3.8, 4) is 11.4 Å². The van der Waals surface area contributed by atoms with E-state index in [1.165, 1.54) is 0 Å². The number of benzene rings is 1. The van der Waals surface area contributed by atoms with Crippen molar-refractivity contribution >= 4 is 11.9 Å². The van der Waals surface area contributed by atoms with E-state index in [2.05, 4.69) is 5.32 Å². The number of hydrogen-bond acceptors (Lipinski definition) is 3. The smallest absolute Gasteiger partial charge is 0.326 e. The molecule has 140 valence electrons. The van der Waals surface area contributed by atoms with Gasteiger partial charge in [-0.1, -0.05) is 0 Å². The summed E-state index contributed by atoms with van der Waals surface area (Å²) in [5.41, 5.74) is 2.35. The Labute approximate surface area is 149 Å². The summed E-state index contributed by atoms with van der Waals surface area (Å²) in [4.78, 5) is 23.5. The fourth-order valence-corrected chi connectivity index (χ4v) is 2.76. The quantitative estimate of drug-likeness (QED) is 0.790. The van der Waals surface area contributed by atoms with Crippen LogP contribution in [-0.2, 0) is 4.79 Å². The van der Waals surface area contributed by atoms with E-state index in [-0.39, 0.29) is 5.56 Å². The number of alkyl halides is 2. The van der Waals surface area contributed by atoms with Crippen molar-refractivity contribution in [3.63, 3.8) is 0 Å². The lowest BCUT2D eigenvalue weighted by Gasteiger charge is -2.14. The van der Waals surface area contributed by atoms with Crippen LogP contribution in [0.25, 0.3) is 5.69 Å². The Balaban J connectivity index is 2.30. The number of aryl methyl sites for hydroxylation is 1. The first-order valence-electron chi connectivity index (χ1n) is 7.89. The van der Waals surface area contributed by atoms with Crippen molar-refractivity contribution in [2.24, 2.45) is 0 Å². The molecule has 0 fully saturated rings. The van der Waals surface area contributed by atoms with Gasteiger partial charge in [0.15, 0.2) is 0 Å². The summed E-state index contributed by atoms with van der Waals surface area (Å²) < 4.78 is 31.9. The number of amides is 1. The first kappa shape index (κ1) is 19.4. The summed E-state index contributed by atoms with van der Waals surface area (Å²) in [5.74, 6) is -1.51. The summed E-state index contributed by atoms with van der Waals surface area (Å²) in [7, 11) is 1.56. The second-order valence-corrected chi connectivity index (χ2v) is 5.81. The van der Waals surface area contributed by atoms with Crippen LogP contribution in [0.1, 0.15) is 28.2 Å². The summed E-state index contributed by atoms with van der Waals surface area (Å²) in [5, 5.41) is 11.2. The topological polar surface area (TPSA) is 80.6 Å². The van der Waals surface area contributed by atoms with Crippen LogP contribution in [0.15, 0.2) is 30.3 Å². The molecule has 0 radical (unpaired) electrons. The number of nitrogens with one attached hydrogen (secondary N) is 1. The van der Waals surface area contributed by atoms with Crippen LogP contribution in [0, 0.1) is 13.8 Å². The predicted molar refractivity (Wildman–Crippen MR) is 91.3 cm³/mol. The molecule has 0 spiro atoms. The molecular formula is C18H20F2N2O4. The van der Waals surface area contributed by atoms with Gasteiger partial charge in [-0.25, -0.2) is 13.6 Å². The van der Waals surface area contributed by atoms with Gasteiger partial charge in [0.1, 0.15) is 11.8 Å². The van der Waals surface area contributed by atoms with E-state index >= 15 is 0 Å². The average molecular weight is 366 g/mol. The highest BCUT2D eigenvalue weighted by Crippen LogP contribution is 2.23. The Morgan fingerprint density at radius 2 is 1.85 bits per heavy atom. The molecule has 2 N–H and O–H groups in total. The van der Waals surface area contributed by atoms with Gasteiger partial charge in [0.05, 0.1) is 12.7 Å². The molecule has 0 aliphatic carbocycles. The van der Waals surface area contributed by atoms with Gasteiger partial charge in [-0.05, 0) is 44.2 Å². The van der Waals surface area contributed by atoms with E-state index in [4.69, 9.17) is 9.84 Å². The molecule has 8 heteroatoms. The second kappa shape index (κ2) is 7.99. The maximum atomic E-state index is 12.5. The van der Waals surface area contributed by atoms with Crippen LogP contribution in [0.3, 0.4) is 0 Å². The normalized spacial score (nSPS) is 12.1. The van der Waals surface area contributed by atoms with Gasteiger partial charge in [-0.15, -0.1) is 0 Å². The van der Waals surface area contributed by atoms with Gasteiger partial charge in [0.2, 0.25) is 6.43 Å². The Morgan fingerprint density at radius 1 is 1.23 bits per heavy atom. The third kappa shape index (κ3) is 4.19. The minimum Gasteiger partial charge on any atom is -0.497 e. The third-order valence-electron chi connectivity index (χ3n) is 4.02. The van der Waals surface area contributed by atoms with Crippen molar-refractivity contribution in [3.05, 3.63) is 47.3 Å². The van der Waals surface area contributed by atoms with E-state index in [9.17, 15) is 18.4 Å². The highest BCUT2D eigenvalue weighted by atomic mass is 19.3. The molecule has 0 saturated carbocycles. The lowest BCUT2D eigenvalue weighted by molar-refractivity contribution is -0.140. The van der Waals surface area contributed by atoms with E-state index in [0.717, 1.165) is 11.4 Å². The highest BCUT2D eigenvalue weighted by molar-refractivity contribution is 5.98. The van der Waals surface area contributed by atoms with Crippen LogP contribution in [0.5, 0.6) is 5.75 Å². The first-order chi connectivity index (χ1) is 12.2. The predicted octanol–water partition coefficient (Wildman–Crippen LogP) is 2.94. The summed E-state index contributed by atoms with van der Waals surface area (Å²) in [6.45, 7) is 3.50. The number of methoxy groups -OCH3 is 1. The molecule has 0 saturated heterocycles. The van der Waals surface area contributed by atoms with E-state index in [1.54, 1.807) is 39.2 Å². The Morgan fingerprint density at radius 3 is 2.35 bits per heavy atom. The van der Waals surface area contributed by atoms with E-state index < -0.39 is 30.8 Å².